The predicted molar refractivity (Wildman–Crippen MR) is 92.9 cm³/mol. The molecule has 2 rings (SSSR count). The molecule has 2 aromatic rings. The highest BCUT2D eigenvalue weighted by molar-refractivity contribution is 7.99. The first-order chi connectivity index (χ1) is 11.0. The average Bonchev–Trinajstić information content (AvgIpc) is 2.86. The molecule has 1 aromatic heterocycles. The molecule has 0 unspecified atom stereocenters. The zero-order chi connectivity index (χ0) is 16.8. The summed E-state index contributed by atoms with van der Waals surface area (Å²) in [7, 11) is 0. The molecule has 0 amide bonds. The summed E-state index contributed by atoms with van der Waals surface area (Å²) in [5.74, 6) is 1.08. The van der Waals surface area contributed by atoms with Gasteiger partial charge in [0.1, 0.15) is 10.9 Å². The van der Waals surface area contributed by atoms with E-state index in [1.807, 2.05) is 18.2 Å². The minimum absolute atomic E-state index is 0.248. The number of hydrogen-bond acceptors (Lipinski definition) is 4. The van der Waals surface area contributed by atoms with Crippen LogP contribution in [-0.2, 0) is 22.5 Å². The molecule has 0 aliphatic heterocycles. The molecule has 1 aromatic carbocycles. The van der Waals surface area contributed by atoms with E-state index in [1.54, 1.807) is 11.8 Å². The molecular formula is C18H24N2O2S. The monoisotopic (exact) mass is 332 g/mol. The van der Waals surface area contributed by atoms with Gasteiger partial charge in [0.25, 0.3) is 0 Å². The molecule has 5 heteroatoms. The minimum atomic E-state index is -0.248. The second kappa shape index (κ2) is 8.20. The standard InChI is InChI=1S/C18H24N2O2S/c1-5-20-16(11-12-22-14(4)21)19-17(13(2)3)18(20)23-15-9-7-6-8-10-15/h6-10,13H,5,11-12H2,1-4H3. The van der Waals surface area contributed by atoms with Crippen LogP contribution in [0.4, 0.5) is 0 Å². The van der Waals surface area contributed by atoms with Crippen molar-refractivity contribution in [2.45, 2.75) is 56.5 Å². The quantitative estimate of drug-likeness (QED) is 0.710. The molecule has 0 aliphatic rings. The molecule has 0 saturated heterocycles. The Morgan fingerprint density at radius 3 is 2.57 bits per heavy atom. The summed E-state index contributed by atoms with van der Waals surface area (Å²) in [5, 5.41) is 1.19. The fourth-order valence-electron chi connectivity index (χ4n) is 2.39. The molecule has 0 spiro atoms. The van der Waals surface area contributed by atoms with Crippen molar-refractivity contribution in [2.75, 3.05) is 6.61 Å². The van der Waals surface area contributed by atoms with E-state index in [-0.39, 0.29) is 5.97 Å². The second-order valence-corrected chi connectivity index (χ2v) is 6.68. The van der Waals surface area contributed by atoms with Gasteiger partial charge in [0.2, 0.25) is 0 Å². The van der Waals surface area contributed by atoms with E-state index in [9.17, 15) is 4.79 Å². The molecule has 0 saturated carbocycles. The molecule has 23 heavy (non-hydrogen) atoms. The Bertz CT molecular complexity index is 651. The highest BCUT2D eigenvalue weighted by Crippen LogP contribution is 2.34. The summed E-state index contributed by atoms with van der Waals surface area (Å²) < 4.78 is 7.31. The zero-order valence-electron chi connectivity index (χ0n) is 14.2. The topological polar surface area (TPSA) is 44.1 Å². The van der Waals surface area contributed by atoms with Gasteiger partial charge in [-0.15, -0.1) is 0 Å². The summed E-state index contributed by atoms with van der Waals surface area (Å²) in [6.07, 6.45) is 0.641. The minimum Gasteiger partial charge on any atom is -0.465 e. The van der Waals surface area contributed by atoms with Crippen LogP contribution in [-0.4, -0.2) is 22.1 Å². The molecule has 0 aliphatic carbocycles. The maximum absolute atomic E-state index is 11.0. The first-order valence-corrected chi connectivity index (χ1v) is 8.80. The van der Waals surface area contributed by atoms with Crippen LogP contribution in [0.15, 0.2) is 40.3 Å². The Labute approximate surface area is 142 Å². The van der Waals surface area contributed by atoms with Gasteiger partial charge in [0.15, 0.2) is 0 Å². The Balaban J connectivity index is 2.30. The number of hydrogen-bond donors (Lipinski definition) is 0. The summed E-state index contributed by atoms with van der Waals surface area (Å²) in [5.41, 5.74) is 1.11. The largest absolute Gasteiger partial charge is 0.465 e. The maximum atomic E-state index is 11.0. The molecule has 0 N–H and O–H groups in total. The zero-order valence-corrected chi connectivity index (χ0v) is 15.0. The lowest BCUT2D eigenvalue weighted by molar-refractivity contribution is -0.140. The van der Waals surface area contributed by atoms with E-state index in [0.717, 1.165) is 18.1 Å². The first-order valence-electron chi connectivity index (χ1n) is 7.98. The lowest BCUT2D eigenvalue weighted by atomic mass is 10.1. The Morgan fingerprint density at radius 1 is 1.30 bits per heavy atom. The van der Waals surface area contributed by atoms with E-state index < -0.39 is 0 Å². The van der Waals surface area contributed by atoms with Crippen LogP contribution in [0.3, 0.4) is 0 Å². The number of aromatic nitrogens is 2. The molecule has 0 radical (unpaired) electrons. The smallest absolute Gasteiger partial charge is 0.302 e. The number of carbonyl (C=O) groups is 1. The van der Waals surface area contributed by atoms with Gasteiger partial charge in [-0.1, -0.05) is 43.8 Å². The number of ether oxygens (including phenoxy) is 1. The van der Waals surface area contributed by atoms with Crippen molar-refractivity contribution in [3.63, 3.8) is 0 Å². The Morgan fingerprint density at radius 2 is 2.00 bits per heavy atom. The third-order valence-corrected chi connectivity index (χ3v) is 4.61. The van der Waals surface area contributed by atoms with Gasteiger partial charge < -0.3 is 9.30 Å². The normalized spacial score (nSPS) is 11.0. The maximum Gasteiger partial charge on any atom is 0.302 e. The van der Waals surface area contributed by atoms with Gasteiger partial charge in [-0.2, -0.15) is 0 Å². The van der Waals surface area contributed by atoms with E-state index in [1.165, 1.54) is 16.8 Å². The molecule has 1 heterocycles. The average molecular weight is 332 g/mol. The Hall–Kier alpha value is -1.75. The number of carbonyl (C=O) groups excluding carboxylic acids is 1. The van der Waals surface area contributed by atoms with Gasteiger partial charge >= 0.3 is 5.97 Å². The summed E-state index contributed by atoms with van der Waals surface area (Å²) in [4.78, 5) is 17.0. The van der Waals surface area contributed by atoms with Crippen molar-refractivity contribution >= 4 is 17.7 Å². The van der Waals surface area contributed by atoms with Crippen molar-refractivity contribution in [1.29, 1.82) is 0 Å². The third-order valence-electron chi connectivity index (χ3n) is 3.48. The van der Waals surface area contributed by atoms with Crippen LogP contribution < -0.4 is 0 Å². The van der Waals surface area contributed by atoms with E-state index in [0.29, 0.717) is 18.9 Å². The van der Waals surface area contributed by atoms with Crippen molar-refractivity contribution < 1.29 is 9.53 Å². The number of nitrogens with zero attached hydrogens (tertiary/aromatic N) is 2. The summed E-state index contributed by atoms with van der Waals surface area (Å²) in [6.45, 7) is 9.10. The fraction of sp³-hybridized carbons (Fsp3) is 0.444. The molecule has 0 bridgehead atoms. The van der Waals surface area contributed by atoms with Gasteiger partial charge in [0.05, 0.1) is 12.3 Å². The summed E-state index contributed by atoms with van der Waals surface area (Å²) >= 11 is 1.75. The van der Waals surface area contributed by atoms with E-state index >= 15 is 0 Å². The van der Waals surface area contributed by atoms with Crippen molar-refractivity contribution in [3.05, 3.63) is 41.9 Å². The van der Waals surface area contributed by atoms with Gasteiger partial charge in [-0.05, 0) is 25.0 Å². The van der Waals surface area contributed by atoms with Gasteiger partial charge in [-0.25, -0.2) is 4.98 Å². The summed E-state index contributed by atoms with van der Waals surface area (Å²) in [6, 6.07) is 10.3. The number of imidazole rings is 1. The van der Waals surface area contributed by atoms with Crippen LogP contribution in [0.25, 0.3) is 0 Å². The predicted octanol–water partition coefficient (Wildman–Crippen LogP) is 4.28. The van der Waals surface area contributed by atoms with Crippen LogP contribution in [0.1, 0.15) is 45.1 Å². The van der Waals surface area contributed by atoms with Crippen LogP contribution in [0.5, 0.6) is 0 Å². The van der Waals surface area contributed by atoms with Gasteiger partial charge in [-0.3, -0.25) is 4.79 Å². The van der Waals surface area contributed by atoms with Crippen LogP contribution >= 0.6 is 11.8 Å². The molecule has 4 nitrogen and oxygen atoms in total. The lowest BCUT2D eigenvalue weighted by Gasteiger charge is -2.11. The highest BCUT2D eigenvalue weighted by Gasteiger charge is 2.19. The number of rotatable bonds is 7. The molecule has 124 valence electrons. The molecule has 0 atom stereocenters. The van der Waals surface area contributed by atoms with Crippen molar-refractivity contribution in [3.8, 4) is 0 Å². The molecular weight excluding hydrogens is 308 g/mol. The van der Waals surface area contributed by atoms with Gasteiger partial charge in [0, 0.05) is 24.8 Å². The van der Waals surface area contributed by atoms with Crippen LogP contribution in [0.2, 0.25) is 0 Å². The number of benzene rings is 1. The van der Waals surface area contributed by atoms with Crippen molar-refractivity contribution in [1.82, 2.24) is 9.55 Å². The lowest BCUT2D eigenvalue weighted by Crippen LogP contribution is -2.09. The second-order valence-electron chi connectivity index (χ2n) is 5.62. The number of esters is 1. The Kier molecular flexibility index (Phi) is 6.28. The van der Waals surface area contributed by atoms with Crippen molar-refractivity contribution in [2.24, 2.45) is 0 Å². The highest BCUT2D eigenvalue weighted by atomic mass is 32.2. The third kappa shape index (κ3) is 4.61. The van der Waals surface area contributed by atoms with Crippen LogP contribution in [0, 0.1) is 0 Å². The molecule has 0 fully saturated rings. The van der Waals surface area contributed by atoms with E-state index in [4.69, 9.17) is 9.72 Å². The first kappa shape index (κ1) is 17.6. The fourth-order valence-corrected chi connectivity index (χ4v) is 3.64. The SMILES string of the molecule is CCn1c(CCOC(C)=O)nc(C(C)C)c1Sc1ccccc1. The van der Waals surface area contributed by atoms with E-state index in [2.05, 4.69) is 37.5 Å².